The van der Waals surface area contributed by atoms with E-state index in [4.69, 9.17) is 16.3 Å². The van der Waals surface area contributed by atoms with E-state index in [-0.39, 0.29) is 12.1 Å². The Morgan fingerprint density at radius 1 is 1.62 bits per heavy atom. The number of ether oxygens (including phenoxy) is 1. The molecule has 1 saturated heterocycles. The van der Waals surface area contributed by atoms with Crippen molar-refractivity contribution >= 4 is 17.6 Å². The maximum atomic E-state index is 12.0. The first-order valence-electron chi connectivity index (χ1n) is 7.17. The summed E-state index contributed by atoms with van der Waals surface area (Å²) >= 11 is 5.89. The molecule has 21 heavy (non-hydrogen) atoms. The maximum Gasteiger partial charge on any atom is 0.317 e. The highest BCUT2D eigenvalue weighted by Crippen LogP contribution is 2.18. The second-order valence-electron chi connectivity index (χ2n) is 5.31. The van der Waals surface area contributed by atoms with Gasteiger partial charge in [-0.25, -0.2) is 4.79 Å². The standard InChI is InChI=1S/C15H21ClN2O3/c1-11(21-14-6-2-4-12(16)8-14)9-17-15(20)18-7-3-5-13(19)10-18/h2,4,6,8,11,13,19H,3,5,7,9-10H2,1H3,(H,17,20)/t11-,13-/m0/s1. The number of β-amino-alcohol motifs (C(OH)–C–C–N with tert-alkyl or cyclic N) is 1. The highest BCUT2D eigenvalue weighted by atomic mass is 35.5. The third-order valence-corrected chi connectivity index (χ3v) is 3.59. The Morgan fingerprint density at radius 3 is 3.14 bits per heavy atom. The monoisotopic (exact) mass is 312 g/mol. The van der Waals surface area contributed by atoms with Crippen LogP contribution in [0.1, 0.15) is 19.8 Å². The first-order valence-corrected chi connectivity index (χ1v) is 7.55. The number of nitrogens with zero attached hydrogens (tertiary/aromatic N) is 1. The lowest BCUT2D eigenvalue weighted by molar-refractivity contribution is 0.0832. The number of aliphatic hydroxyl groups is 1. The molecule has 1 fully saturated rings. The zero-order valence-corrected chi connectivity index (χ0v) is 12.8. The molecule has 1 aromatic rings. The molecule has 0 unspecified atom stereocenters. The summed E-state index contributed by atoms with van der Waals surface area (Å²) in [6.07, 6.45) is 1.02. The lowest BCUT2D eigenvalue weighted by Gasteiger charge is -2.30. The van der Waals surface area contributed by atoms with Crippen molar-refractivity contribution in [2.75, 3.05) is 19.6 Å². The van der Waals surface area contributed by atoms with Crippen LogP contribution in [0.3, 0.4) is 0 Å². The third-order valence-electron chi connectivity index (χ3n) is 3.36. The van der Waals surface area contributed by atoms with Gasteiger partial charge in [-0.05, 0) is 38.0 Å². The predicted molar refractivity (Wildman–Crippen MR) is 81.8 cm³/mol. The lowest BCUT2D eigenvalue weighted by atomic mass is 10.1. The van der Waals surface area contributed by atoms with Gasteiger partial charge in [0.15, 0.2) is 0 Å². The van der Waals surface area contributed by atoms with E-state index in [0.717, 1.165) is 12.8 Å². The summed E-state index contributed by atoms with van der Waals surface area (Å²) in [7, 11) is 0. The number of carbonyl (C=O) groups excluding carboxylic acids is 1. The molecule has 0 saturated carbocycles. The number of urea groups is 1. The molecule has 2 rings (SSSR count). The number of rotatable bonds is 4. The molecular weight excluding hydrogens is 292 g/mol. The van der Waals surface area contributed by atoms with Crippen LogP contribution in [0.2, 0.25) is 5.02 Å². The first kappa shape index (κ1) is 15.9. The minimum atomic E-state index is -0.412. The SMILES string of the molecule is C[C@@H](CNC(=O)N1CCC[C@H](O)C1)Oc1cccc(Cl)c1. The van der Waals surface area contributed by atoms with Gasteiger partial charge in [0, 0.05) is 18.1 Å². The predicted octanol–water partition coefficient (Wildman–Crippen LogP) is 2.27. The topological polar surface area (TPSA) is 61.8 Å². The maximum absolute atomic E-state index is 12.0. The van der Waals surface area contributed by atoms with Crippen LogP contribution in [-0.4, -0.2) is 47.9 Å². The Labute approximate surface area is 129 Å². The van der Waals surface area contributed by atoms with Gasteiger partial charge in [-0.15, -0.1) is 0 Å². The fraction of sp³-hybridized carbons (Fsp3) is 0.533. The van der Waals surface area contributed by atoms with Crippen molar-refractivity contribution in [3.05, 3.63) is 29.3 Å². The number of nitrogens with one attached hydrogen (secondary N) is 1. The summed E-state index contributed by atoms with van der Waals surface area (Å²) in [6.45, 7) is 3.37. The molecule has 2 N–H and O–H groups in total. The minimum absolute atomic E-state index is 0.157. The first-order chi connectivity index (χ1) is 10.0. The largest absolute Gasteiger partial charge is 0.489 e. The van der Waals surface area contributed by atoms with Gasteiger partial charge in [-0.3, -0.25) is 0 Å². The molecule has 0 aliphatic carbocycles. The van der Waals surface area contributed by atoms with Crippen LogP contribution in [0.5, 0.6) is 5.75 Å². The van der Waals surface area contributed by atoms with Crippen LogP contribution in [0.15, 0.2) is 24.3 Å². The fourth-order valence-corrected chi connectivity index (χ4v) is 2.48. The number of piperidine rings is 1. The van der Waals surface area contributed by atoms with Crippen LogP contribution in [0, 0.1) is 0 Å². The van der Waals surface area contributed by atoms with Gasteiger partial charge in [0.05, 0.1) is 12.6 Å². The Balaban J connectivity index is 1.75. The summed E-state index contributed by atoms with van der Waals surface area (Å²) in [4.78, 5) is 13.6. The second-order valence-corrected chi connectivity index (χ2v) is 5.75. The molecule has 1 aromatic carbocycles. The molecule has 116 valence electrons. The highest BCUT2D eigenvalue weighted by molar-refractivity contribution is 6.30. The summed E-state index contributed by atoms with van der Waals surface area (Å²) in [6, 6.07) is 7.00. The van der Waals surface area contributed by atoms with E-state index in [9.17, 15) is 9.90 Å². The number of aliphatic hydroxyl groups excluding tert-OH is 1. The number of halogens is 1. The summed E-state index contributed by atoms with van der Waals surface area (Å²) in [5.74, 6) is 0.678. The average Bonchev–Trinajstić information content (AvgIpc) is 2.45. The van der Waals surface area contributed by atoms with Crippen molar-refractivity contribution in [3.8, 4) is 5.75 Å². The van der Waals surface area contributed by atoms with Crippen molar-refractivity contribution in [1.82, 2.24) is 10.2 Å². The molecule has 6 heteroatoms. The van der Waals surface area contributed by atoms with E-state index in [1.54, 1.807) is 17.0 Å². The van der Waals surface area contributed by atoms with Gasteiger partial charge < -0.3 is 20.1 Å². The minimum Gasteiger partial charge on any atom is -0.489 e. The van der Waals surface area contributed by atoms with E-state index in [1.165, 1.54) is 0 Å². The van der Waals surface area contributed by atoms with Crippen LogP contribution < -0.4 is 10.1 Å². The van der Waals surface area contributed by atoms with E-state index in [2.05, 4.69) is 5.32 Å². The van der Waals surface area contributed by atoms with Crippen LogP contribution >= 0.6 is 11.6 Å². The molecule has 0 spiro atoms. The van der Waals surface area contributed by atoms with Crippen molar-refractivity contribution < 1.29 is 14.6 Å². The number of benzene rings is 1. The lowest BCUT2D eigenvalue weighted by Crippen LogP contribution is -2.48. The highest BCUT2D eigenvalue weighted by Gasteiger charge is 2.22. The van der Waals surface area contributed by atoms with Gasteiger partial charge >= 0.3 is 6.03 Å². The van der Waals surface area contributed by atoms with Crippen molar-refractivity contribution in [2.45, 2.75) is 32.0 Å². The normalized spacial score (nSPS) is 20.0. The molecule has 5 nitrogen and oxygen atoms in total. The van der Waals surface area contributed by atoms with E-state index in [1.807, 2.05) is 19.1 Å². The van der Waals surface area contributed by atoms with Crippen molar-refractivity contribution in [1.29, 1.82) is 0 Å². The van der Waals surface area contributed by atoms with E-state index in [0.29, 0.717) is 30.4 Å². The summed E-state index contributed by atoms with van der Waals surface area (Å²) in [5, 5.41) is 13.0. The quantitative estimate of drug-likeness (QED) is 0.896. The Morgan fingerprint density at radius 2 is 2.43 bits per heavy atom. The summed E-state index contributed by atoms with van der Waals surface area (Å²) < 4.78 is 5.69. The molecular formula is C15H21ClN2O3. The summed E-state index contributed by atoms with van der Waals surface area (Å²) in [5.41, 5.74) is 0. The number of carbonyl (C=O) groups is 1. The number of hydrogen-bond donors (Lipinski definition) is 2. The van der Waals surface area contributed by atoms with Gasteiger partial charge in [0.2, 0.25) is 0 Å². The van der Waals surface area contributed by atoms with Crippen LogP contribution in [0.25, 0.3) is 0 Å². The van der Waals surface area contributed by atoms with Crippen LogP contribution in [0.4, 0.5) is 4.79 Å². The Kier molecular flexibility index (Phi) is 5.70. The van der Waals surface area contributed by atoms with Crippen molar-refractivity contribution in [3.63, 3.8) is 0 Å². The third kappa shape index (κ3) is 5.10. The second kappa shape index (κ2) is 7.52. The van der Waals surface area contributed by atoms with Gasteiger partial charge in [0.25, 0.3) is 0 Å². The van der Waals surface area contributed by atoms with E-state index >= 15 is 0 Å². The fourth-order valence-electron chi connectivity index (χ4n) is 2.30. The molecule has 0 bridgehead atoms. The zero-order chi connectivity index (χ0) is 15.2. The molecule has 2 atom stereocenters. The van der Waals surface area contributed by atoms with Crippen molar-refractivity contribution in [2.24, 2.45) is 0 Å². The van der Waals surface area contributed by atoms with Gasteiger partial charge in [-0.1, -0.05) is 17.7 Å². The molecule has 2 amide bonds. The van der Waals surface area contributed by atoms with Gasteiger partial charge in [-0.2, -0.15) is 0 Å². The zero-order valence-electron chi connectivity index (χ0n) is 12.1. The number of amides is 2. The Bertz CT molecular complexity index is 484. The number of hydrogen-bond acceptors (Lipinski definition) is 3. The smallest absolute Gasteiger partial charge is 0.317 e. The Hall–Kier alpha value is -1.46. The molecule has 0 aromatic heterocycles. The molecule has 1 aliphatic heterocycles. The molecule has 1 aliphatic rings. The number of likely N-dealkylation sites (tertiary alicyclic amines) is 1. The molecule has 1 heterocycles. The average molecular weight is 313 g/mol. The van der Waals surface area contributed by atoms with Crippen LogP contribution in [-0.2, 0) is 0 Å². The molecule has 0 radical (unpaired) electrons. The van der Waals surface area contributed by atoms with E-state index < -0.39 is 6.10 Å². The van der Waals surface area contributed by atoms with Gasteiger partial charge in [0.1, 0.15) is 11.9 Å².